The average Bonchev–Trinajstić information content (AvgIpc) is 2.85. The molecule has 1 heterocycles. The number of ether oxygens (including phenoxy) is 1. The third-order valence-corrected chi connectivity index (χ3v) is 3.87. The van der Waals surface area contributed by atoms with E-state index in [9.17, 15) is 8.42 Å². The summed E-state index contributed by atoms with van der Waals surface area (Å²) in [6.45, 7) is 1.81. The molecule has 1 aromatic heterocycles. The Kier molecular flexibility index (Phi) is 4.43. The van der Waals surface area contributed by atoms with Crippen molar-refractivity contribution in [3.63, 3.8) is 0 Å². The Bertz CT molecular complexity index is 738. The van der Waals surface area contributed by atoms with Gasteiger partial charge in [0.25, 0.3) is 10.0 Å². The van der Waals surface area contributed by atoms with Gasteiger partial charge in [-0.15, -0.1) is 0 Å². The maximum absolute atomic E-state index is 12.1. The number of rotatable bonds is 6. The molecule has 0 saturated heterocycles. The van der Waals surface area contributed by atoms with Crippen molar-refractivity contribution in [2.24, 2.45) is 5.73 Å². The first kappa shape index (κ1) is 15.3. The molecule has 0 unspecified atom stereocenters. The molecule has 112 valence electrons. The van der Waals surface area contributed by atoms with Crippen molar-refractivity contribution < 1.29 is 13.2 Å². The topological polar surface area (TPSA) is 110 Å². The van der Waals surface area contributed by atoms with Crippen LogP contribution in [0.5, 0.6) is 5.75 Å². The summed E-state index contributed by atoms with van der Waals surface area (Å²) in [5, 5.41) is 0.00815. The Morgan fingerprint density at radius 3 is 2.62 bits per heavy atom. The van der Waals surface area contributed by atoms with E-state index in [0.29, 0.717) is 17.3 Å². The standard InChI is InChI=1S/C12H14N4O3S2/c1-8-14-6-12(15-8)21(17,18)16-9-2-4-10(5-3-9)19-7-11(13)20/h2-6,16H,7H2,1H3,(H2,13,20)(H,14,15). The van der Waals surface area contributed by atoms with Gasteiger partial charge in [-0.3, -0.25) is 4.72 Å². The molecule has 21 heavy (non-hydrogen) atoms. The van der Waals surface area contributed by atoms with E-state index in [0.717, 1.165) is 0 Å². The molecule has 0 bridgehead atoms. The van der Waals surface area contributed by atoms with Gasteiger partial charge >= 0.3 is 0 Å². The lowest BCUT2D eigenvalue weighted by Gasteiger charge is -2.08. The molecule has 2 aromatic rings. The van der Waals surface area contributed by atoms with E-state index in [2.05, 4.69) is 14.7 Å². The molecule has 0 aliphatic rings. The minimum absolute atomic E-state index is 0.00815. The van der Waals surface area contributed by atoms with Crippen LogP contribution < -0.4 is 15.2 Å². The largest absolute Gasteiger partial charge is 0.487 e. The number of hydrogen-bond donors (Lipinski definition) is 3. The summed E-state index contributed by atoms with van der Waals surface area (Å²) in [7, 11) is -3.68. The SMILES string of the molecule is Cc1ncc(S(=O)(=O)Nc2ccc(OCC(N)=S)cc2)[nH]1. The third kappa shape index (κ3) is 4.17. The second kappa shape index (κ2) is 6.10. The van der Waals surface area contributed by atoms with E-state index < -0.39 is 10.0 Å². The summed E-state index contributed by atoms with van der Waals surface area (Å²) in [5.41, 5.74) is 5.73. The van der Waals surface area contributed by atoms with Crippen molar-refractivity contribution in [2.45, 2.75) is 11.9 Å². The van der Waals surface area contributed by atoms with Gasteiger partial charge in [0.15, 0.2) is 5.03 Å². The summed E-state index contributed by atoms with van der Waals surface area (Å²) >= 11 is 4.70. The average molecular weight is 326 g/mol. The number of aromatic nitrogens is 2. The fraction of sp³-hybridized carbons (Fsp3) is 0.167. The molecule has 0 aliphatic heterocycles. The number of anilines is 1. The zero-order valence-electron chi connectivity index (χ0n) is 11.2. The summed E-state index contributed by atoms with van der Waals surface area (Å²) in [6.07, 6.45) is 1.26. The van der Waals surface area contributed by atoms with Crippen LogP contribution in [0.3, 0.4) is 0 Å². The number of H-pyrrole nitrogens is 1. The maximum Gasteiger partial charge on any atom is 0.278 e. The number of benzene rings is 1. The molecule has 0 aliphatic carbocycles. The number of aryl methyl sites for hydroxylation is 1. The van der Waals surface area contributed by atoms with Crippen LogP contribution in [0.1, 0.15) is 5.82 Å². The molecule has 1 aromatic carbocycles. The molecule has 9 heteroatoms. The summed E-state index contributed by atoms with van der Waals surface area (Å²) in [5.74, 6) is 1.07. The van der Waals surface area contributed by atoms with Gasteiger partial charge in [0.05, 0.1) is 6.20 Å². The zero-order valence-corrected chi connectivity index (χ0v) is 12.8. The number of hydrogen-bond acceptors (Lipinski definition) is 5. The second-order valence-corrected chi connectivity index (χ2v) is 6.39. The number of nitrogens with one attached hydrogen (secondary N) is 2. The second-order valence-electron chi connectivity index (χ2n) is 4.22. The van der Waals surface area contributed by atoms with Crippen molar-refractivity contribution in [2.75, 3.05) is 11.3 Å². The third-order valence-electron chi connectivity index (χ3n) is 2.46. The van der Waals surface area contributed by atoms with Gasteiger partial charge < -0.3 is 15.5 Å². The van der Waals surface area contributed by atoms with Gasteiger partial charge in [-0.1, -0.05) is 12.2 Å². The Hall–Kier alpha value is -2.13. The fourth-order valence-corrected chi connectivity index (χ4v) is 2.61. The molecular weight excluding hydrogens is 312 g/mol. The summed E-state index contributed by atoms with van der Waals surface area (Å²) < 4.78 is 31.9. The monoisotopic (exact) mass is 326 g/mol. The smallest absolute Gasteiger partial charge is 0.278 e. The lowest BCUT2D eigenvalue weighted by Crippen LogP contribution is -2.17. The first-order chi connectivity index (χ1) is 9.87. The van der Waals surface area contributed by atoms with Crippen LogP contribution in [0.2, 0.25) is 0 Å². The van der Waals surface area contributed by atoms with Gasteiger partial charge in [-0.05, 0) is 31.2 Å². The number of nitrogens with two attached hydrogens (primary N) is 1. The highest BCUT2D eigenvalue weighted by Gasteiger charge is 2.16. The quantitative estimate of drug-likeness (QED) is 0.688. The molecule has 7 nitrogen and oxygen atoms in total. The minimum Gasteiger partial charge on any atom is -0.487 e. The molecular formula is C12H14N4O3S2. The lowest BCUT2D eigenvalue weighted by atomic mass is 10.3. The number of sulfonamides is 1. The normalized spacial score (nSPS) is 11.1. The van der Waals surface area contributed by atoms with Crippen molar-refractivity contribution >= 4 is 32.9 Å². The van der Waals surface area contributed by atoms with Crippen molar-refractivity contribution in [3.05, 3.63) is 36.3 Å². The van der Waals surface area contributed by atoms with Crippen molar-refractivity contribution in [3.8, 4) is 5.75 Å². The first-order valence-electron chi connectivity index (χ1n) is 5.92. The molecule has 0 radical (unpaired) electrons. The van der Waals surface area contributed by atoms with Gasteiger partial charge in [-0.2, -0.15) is 8.42 Å². The Morgan fingerprint density at radius 1 is 1.43 bits per heavy atom. The molecule has 4 N–H and O–H groups in total. The molecule has 0 amide bonds. The van der Waals surface area contributed by atoms with E-state index in [1.807, 2.05) is 0 Å². The molecule has 0 spiro atoms. The Labute approximate surface area is 127 Å². The van der Waals surface area contributed by atoms with Crippen LogP contribution in [0.4, 0.5) is 5.69 Å². The van der Waals surface area contributed by atoms with Crippen LogP contribution in [0.25, 0.3) is 0 Å². The molecule has 0 atom stereocenters. The van der Waals surface area contributed by atoms with Crippen LogP contribution in [-0.4, -0.2) is 30.0 Å². The van der Waals surface area contributed by atoms with Gasteiger partial charge in [0, 0.05) is 5.69 Å². The van der Waals surface area contributed by atoms with Gasteiger partial charge in [-0.25, -0.2) is 4.98 Å². The Morgan fingerprint density at radius 2 is 2.10 bits per heavy atom. The molecule has 0 saturated carbocycles. The molecule has 0 fully saturated rings. The van der Waals surface area contributed by atoms with Gasteiger partial charge in [0.2, 0.25) is 0 Å². The predicted molar refractivity (Wildman–Crippen MR) is 82.9 cm³/mol. The van der Waals surface area contributed by atoms with Crippen LogP contribution >= 0.6 is 12.2 Å². The number of aromatic amines is 1. The highest BCUT2D eigenvalue weighted by atomic mass is 32.2. The minimum atomic E-state index is -3.68. The molecule has 2 rings (SSSR count). The van der Waals surface area contributed by atoms with Crippen molar-refractivity contribution in [1.29, 1.82) is 0 Å². The van der Waals surface area contributed by atoms with Crippen LogP contribution in [0, 0.1) is 6.92 Å². The maximum atomic E-state index is 12.1. The highest BCUT2D eigenvalue weighted by molar-refractivity contribution is 7.92. The van der Waals surface area contributed by atoms with E-state index >= 15 is 0 Å². The van der Waals surface area contributed by atoms with Gasteiger partial charge in [0.1, 0.15) is 23.2 Å². The van der Waals surface area contributed by atoms with E-state index in [4.69, 9.17) is 22.7 Å². The zero-order chi connectivity index (χ0) is 15.5. The predicted octanol–water partition coefficient (Wildman–Crippen LogP) is 1.18. The fourth-order valence-electron chi connectivity index (χ4n) is 1.52. The lowest BCUT2D eigenvalue weighted by molar-refractivity contribution is 0.377. The number of thiocarbonyl (C=S) groups is 1. The van der Waals surface area contributed by atoms with E-state index in [1.54, 1.807) is 31.2 Å². The number of nitrogens with zero attached hydrogens (tertiary/aromatic N) is 1. The van der Waals surface area contributed by atoms with Crippen molar-refractivity contribution in [1.82, 2.24) is 9.97 Å². The Balaban J connectivity index is 2.08. The van der Waals surface area contributed by atoms with E-state index in [-0.39, 0.29) is 16.6 Å². The summed E-state index contributed by atoms with van der Waals surface area (Å²) in [4.78, 5) is 6.77. The first-order valence-corrected chi connectivity index (χ1v) is 7.81. The van der Waals surface area contributed by atoms with E-state index in [1.165, 1.54) is 6.20 Å². The summed E-state index contributed by atoms with van der Waals surface area (Å²) in [6, 6.07) is 6.40. The van der Waals surface area contributed by atoms with Crippen LogP contribution in [-0.2, 0) is 10.0 Å². The highest BCUT2D eigenvalue weighted by Crippen LogP contribution is 2.18. The number of imidazole rings is 1. The van der Waals surface area contributed by atoms with Crippen LogP contribution in [0.15, 0.2) is 35.5 Å².